The van der Waals surface area contributed by atoms with Crippen LogP contribution in [0.2, 0.25) is 0 Å². The van der Waals surface area contributed by atoms with Crippen molar-refractivity contribution in [3.8, 4) is 0 Å². The Balaban J connectivity index is 2.49. The molecule has 1 heterocycles. The first-order valence-electron chi connectivity index (χ1n) is 3.97. The summed E-state index contributed by atoms with van der Waals surface area (Å²) in [5.74, 6) is -0.0680. The van der Waals surface area contributed by atoms with Gasteiger partial charge < -0.3 is 10.5 Å². The van der Waals surface area contributed by atoms with Crippen molar-refractivity contribution < 1.29 is 9.53 Å². The van der Waals surface area contributed by atoms with Crippen molar-refractivity contribution in [2.24, 2.45) is 5.92 Å². The van der Waals surface area contributed by atoms with E-state index < -0.39 is 5.97 Å². The average molecular weight is 200 g/mol. The number of carbonyl (C=O) groups is 1. The van der Waals surface area contributed by atoms with E-state index in [0.29, 0.717) is 23.4 Å². The van der Waals surface area contributed by atoms with E-state index in [-0.39, 0.29) is 0 Å². The molecule has 0 saturated carbocycles. The Kier molecular flexibility index (Phi) is 3.25. The number of hydrogen-bond acceptors (Lipinski definition) is 5. The lowest BCUT2D eigenvalue weighted by Crippen LogP contribution is -2.10. The van der Waals surface area contributed by atoms with Gasteiger partial charge >= 0.3 is 5.97 Å². The first-order valence-corrected chi connectivity index (χ1v) is 4.85. The highest BCUT2D eigenvalue weighted by molar-refractivity contribution is 7.13. The molecule has 0 amide bonds. The lowest BCUT2D eigenvalue weighted by Gasteiger charge is -2.04. The molecule has 0 aliphatic rings. The standard InChI is InChI=1S/C8H12N2O2S/c1-5(2)3-12-7(11)6-4-13-8(9)10-6/h4-5H,3H2,1-2H3,(H2,9,10). The lowest BCUT2D eigenvalue weighted by atomic mass is 10.2. The molecular weight excluding hydrogens is 188 g/mol. The molecule has 0 unspecified atom stereocenters. The molecule has 0 fully saturated rings. The monoisotopic (exact) mass is 200 g/mol. The number of anilines is 1. The van der Waals surface area contributed by atoms with Gasteiger partial charge in [0.2, 0.25) is 0 Å². The Hall–Kier alpha value is -1.10. The summed E-state index contributed by atoms with van der Waals surface area (Å²) in [4.78, 5) is 15.0. The zero-order valence-electron chi connectivity index (χ0n) is 7.61. The van der Waals surface area contributed by atoms with Gasteiger partial charge in [-0.2, -0.15) is 0 Å². The van der Waals surface area contributed by atoms with Crippen LogP contribution in [0.4, 0.5) is 5.13 Å². The van der Waals surface area contributed by atoms with Crippen LogP contribution >= 0.6 is 11.3 Å². The Morgan fingerprint density at radius 2 is 2.46 bits per heavy atom. The fourth-order valence-corrected chi connectivity index (χ4v) is 1.23. The van der Waals surface area contributed by atoms with Gasteiger partial charge in [-0.1, -0.05) is 13.8 Å². The second-order valence-electron chi connectivity index (χ2n) is 3.06. The normalized spacial score (nSPS) is 10.4. The number of thiazole rings is 1. The van der Waals surface area contributed by atoms with Gasteiger partial charge in [-0.05, 0) is 5.92 Å². The van der Waals surface area contributed by atoms with Crippen LogP contribution in [0.25, 0.3) is 0 Å². The largest absolute Gasteiger partial charge is 0.461 e. The van der Waals surface area contributed by atoms with Crippen molar-refractivity contribution in [3.05, 3.63) is 11.1 Å². The maximum Gasteiger partial charge on any atom is 0.357 e. The van der Waals surface area contributed by atoms with Gasteiger partial charge in [-0.15, -0.1) is 11.3 Å². The molecule has 5 heteroatoms. The number of esters is 1. The van der Waals surface area contributed by atoms with Crippen molar-refractivity contribution in [3.63, 3.8) is 0 Å². The minimum absolute atomic E-state index is 0.295. The van der Waals surface area contributed by atoms with Gasteiger partial charge in [-0.3, -0.25) is 0 Å². The number of nitrogens with zero attached hydrogens (tertiary/aromatic N) is 1. The molecule has 0 atom stereocenters. The van der Waals surface area contributed by atoms with Crippen LogP contribution in [0.3, 0.4) is 0 Å². The summed E-state index contributed by atoms with van der Waals surface area (Å²) in [7, 11) is 0. The van der Waals surface area contributed by atoms with Gasteiger partial charge in [0.25, 0.3) is 0 Å². The molecule has 0 spiro atoms. The van der Waals surface area contributed by atoms with Gasteiger partial charge in [0, 0.05) is 5.38 Å². The molecule has 0 aromatic carbocycles. The molecule has 0 radical (unpaired) electrons. The topological polar surface area (TPSA) is 65.2 Å². The highest BCUT2D eigenvalue weighted by Gasteiger charge is 2.11. The van der Waals surface area contributed by atoms with Crippen molar-refractivity contribution >= 4 is 22.4 Å². The molecule has 2 N–H and O–H groups in total. The van der Waals surface area contributed by atoms with Gasteiger partial charge in [0.15, 0.2) is 10.8 Å². The summed E-state index contributed by atoms with van der Waals surface area (Å²) in [6.07, 6.45) is 0. The Morgan fingerprint density at radius 3 is 2.92 bits per heavy atom. The molecule has 0 bridgehead atoms. The number of carbonyl (C=O) groups excluding carboxylic acids is 1. The SMILES string of the molecule is CC(C)COC(=O)c1csc(N)n1. The molecule has 0 aliphatic carbocycles. The third-order valence-electron chi connectivity index (χ3n) is 1.28. The van der Waals surface area contributed by atoms with Gasteiger partial charge in [0.1, 0.15) is 0 Å². The van der Waals surface area contributed by atoms with E-state index in [1.165, 1.54) is 11.3 Å². The number of aromatic nitrogens is 1. The van der Waals surface area contributed by atoms with Gasteiger partial charge in [0.05, 0.1) is 6.61 Å². The zero-order chi connectivity index (χ0) is 9.84. The van der Waals surface area contributed by atoms with Crippen molar-refractivity contribution in [2.45, 2.75) is 13.8 Å². The fourth-order valence-electron chi connectivity index (χ4n) is 0.698. The van der Waals surface area contributed by atoms with Crippen LogP contribution < -0.4 is 5.73 Å². The minimum Gasteiger partial charge on any atom is -0.461 e. The van der Waals surface area contributed by atoms with E-state index in [1.807, 2.05) is 13.8 Å². The molecule has 4 nitrogen and oxygen atoms in total. The highest BCUT2D eigenvalue weighted by Crippen LogP contribution is 2.12. The van der Waals surface area contributed by atoms with E-state index in [1.54, 1.807) is 5.38 Å². The molecule has 13 heavy (non-hydrogen) atoms. The van der Waals surface area contributed by atoms with E-state index in [2.05, 4.69) is 4.98 Å². The lowest BCUT2D eigenvalue weighted by molar-refractivity contribution is 0.0453. The smallest absolute Gasteiger partial charge is 0.357 e. The van der Waals surface area contributed by atoms with Crippen LogP contribution in [0.1, 0.15) is 24.3 Å². The third kappa shape index (κ3) is 3.02. The molecule has 1 aromatic heterocycles. The highest BCUT2D eigenvalue weighted by atomic mass is 32.1. The van der Waals surface area contributed by atoms with E-state index in [0.717, 1.165) is 0 Å². The van der Waals surface area contributed by atoms with Crippen LogP contribution in [0, 0.1) is 5.92 Å². The summed E-state index contributed by atoms with van der Waals surface area (Å²) in [6.45, 7) is 4.36. The van der Waals surface area contributed by atoms with Crippen LogP contribution in [0.15, 0.2) is 5.38 Å². The predicted octanol–water partition coefficient (Wildman–Crippen LogP) is 1.54. The van der Waals surface area contributed by atoms with E-state index in [9.17, 15) is 4.79 Å². The minimum atomic E-state index is -0.401. The summed E-state index contributed by atoms with van der Waals surface area (Å²) >= 11 is 1.23. The summed E-state index contributed by atoms with van der Waals surface area (Å²) in [5, 5.41) is 1.98. The van der Waals surface area contributed by atoms with Gasteiger partial charge in [-0.25, -0.2) is 9.78 Å². The van der Waals surface area contributed by atoms with Crippen LogP contribution in [-0.2, 0) is 4.74 Å². The number of nitrogens with two attached hydrogens (primary N) is 1. The summed E-state index contributed by atoms with van der Waals surface area (Å²) in [6, 6.07) is 0. The van der Waals surface area contributed by atoms with Crippen LogP contribution in [-0.4, -0.2) is 17.6 Å². The Morgan fingerprint density at radius 1 is 1.77 bits per heavy atom. The molecule has 0 saturated heterocycles. The quantitative estimate of drug-likeness (QED) is 0.751. The van der Waals surface area contributed by atoms with Crippen LogP contribution in [0.5, 0.6) is 0 Å². The van der Waals surface area contributed by atoms with Crippen molar-refractivity contribution in [2.75, 3.05) is 12.3 Å². The first kappa shape index (κ1) is 9.98. The fraction of sp³-hybridized carbons (Fsp3) is 0.500. The van der Waals surface area contributed by atoms with E-state index in [4.69, 9.17) is 10.5 Å². The molecular formula is C8H12N2O2S. The molecule has 72 valence electrons. The third-order valence-corrected chi connectivity index (χ3v) is 1.95. The summed E-state index contributed by atoms with van der Waals surface area (Å²) < 4.78 is 4.95. The maximum absolute atomic E-state index is 11.2. The number of ether oxygens (including phenoxy) is 1. The summed E-state index contributed by atoms with van der Waals surface area (Å²) in [5.41, 5.74) is 5.67. The van der Waals surface area contributed by atoms with Crippen molar-refractivity contribution in [1.82, 2.24) is 4.98 Å². The Labute approximate surface area is 80.7 Å². The number of rotatable bonds is 3. The molecule has 1 rings (SSSR count). The predicted molar refractivity (Wildman–Crippen MR) is 51.6 cm³/mol. The Bertz CT molecular complexity index is 296. The van der Waals surface area contributed by atoms with Crippen molar-refractivity contribution in [1.29, 1.82) is 0 Å². The second kappa shape index (κ2) is 4.23. The first-order chi connectivity index (χ1) is 6.09. The molecule has 0 aliphatic heterocycles. The number of nitrogen functional groups attached to an aromatic ring is 1. The maximum atomic E-state index is 11.2. The van der Waals surface area contributed by atoms with E-state index >= 15 is 0 Å². The average Bonchev–Trinajstić information content (AvgIpc) is 2.47. The molecule has 1 aromatic rings. The number of hydrogen-bond donors (Lipinski definition) is 1. The zero-order valence-corrected chi connectivity index (χ0v) is 8.43. The second-order valence-corrected chi connectivity index (χ2v) is 3.95.